The van der Waals surface area contributed by atoms with Gasteiger partial charge in [0.05, 0.1) is 12.6 Å². The number of anilines is 2. The molecular weight excluding hydrogens is 302 g/mol. The molecule has 1 saturated carbocycles. The second-order valence-electron chi connectivity index (χ2n) is 7.18. The summed E-state index contributed by atoms with van der Waals surface area (Å²) in [4.78, 5) is 24.9. The van der Waals surface area contributed by atoms with Crippen molar-refractivity contribution in [2.75, 3.05) is 23.7 Å². The number of carbonyl (C=O) groups excluding carboxylic acids is 2. The molecule has 1 unspecified atom stereocenters. The van der Waals surface area contributed by atoms with E-state index in [-0.39, 0.29) is 11.8 Å². The summed E-state index contributed by atoms with van der Waals surface area (Å²) < 4.78 is 0. The minimum atomic E-state index is -0.0949. The summed E-state index contributed by atoms with van der Waals surface area (Å²) in [7, 11) is 0. The second kappa shape index (κ2) is 7.79. The minimum absolute atomic E-state index is 0.0866. The van der Waals surface area contributed by atoms with E-state index < -0.39 is 0 Å². The predicted octanol–water partition coefficient (Wildman–Crippen LogP) is 1.82. The zero-order chi connectivity index (χ0) is 16.9. The topological polar surface area (TPSA) is 62.6 Å². The first kappa shape index (κ1) is 17.0. The van der Waals surface area contributed by atoms with Gasteiger partial charge in [0.25, 0.3) is 5.91 Å². The molecule has 1 heterocycles. The van der Waals surface area contributed by atoms with E-state index in [0.29, 0.717) is 12.6 Å². The number of carbonyl (C=O) groups is 2. The number of hydrogen-bond donors (Lipinski definition) is 3. The maximum Gasteiger partial charge on any atom is 0.279 e. The van der Waals surface area contributed by atoms with Crippen molar-refractivity contribution in [2.45, 2.75) is 51.5 Å². The summed E-state index contributed by atoms with van der Waals surface area (Å²) in [6.45, 7) is 3.17. The van der Waals surface area contributed by atoms with Crippen molar-refractivity contribution in [1.29, 1.82) is 0 Å². The van der Waals surface area contributed by atoms with Gasteiger partial charge in [0.1, 0.15) is 0 Å². The quantitative estimate of drug-likeness (QED) is 0.788. The molecule has 0 radical (unpaired) electrons. The maximum absolute atomic E-state index is 12.4. The number of fused-ring (bicyclic) bond motifs is 1. The largest absolute Gasteiger partial charge is 0.326 e. The van der Waals surface area contributed by atoms with Crippen LogP contribution in [0.3, 0.4) is 0 Å². The molecule has 3 rings (SSSR count). The summed E-state index contributed by atoms with van der Waals surface area (Å²) in [5, 5.41) is 5.72. The van der Waals surface area contributed by atoms with Gasteiger partial charge in [-0.1, -0.05) is 6.42 Å². The number of hydrogen-bond acceptors (Lipinski definition) is 2. The first-order chi connectivity index (χ1) is 11.6. The molecule has 130 valence electrons. The van der Waals surface area contributed by atoms with E-state index in [1.54, 1.807) is 0 Å². The van der Waals surface area contributed by atoms with Crippen molar-refractivity contribution in [2.24, 2.45) is 5.92 Å². The smallest absolute Gasteiger partial charge is 0.279 e. The van der Waals surface area contributed by atoms with Gasteiger partial charge in [0, 0.05) is 24.2 Å². The van der Waals surface area contributed by atoms with E-state index in [1.165, 1.54) is 50.3 Å². The highest BCUT2D eigenvalue weighted by molar-refractivity contribution is 5.92. The standard InChI is InChI=1S/C19H27N3O2/c1-14(23)20-16-8-10-17(11-9-16)21-19(24)13-22-12-4-6-15-5-2-3-7-18(15)22/h8-11,15,18H,2-7,12-13H2,1H3,(H,20,23)(H,21,24)/p+1/t15-,18-/m0/s1. The van der Waals surface area contributed by atoms with Crippen LogP contribution in [0.15, 0.2) is 24.3 Å². The summed E-state index contributed by atoms with van der Waals surface area (Å²) in [5.74, 6) is 0.818. The van der Waals surface area contributed by atoms with Gasteiger partial charge in [-0.25, -0.2) is 0 Å². The number of benzene rings is 1. The van der Waals surface area contributed by atoms with Gasteiger partial charge in [0.15, 0.2) is 6.54 Å². The van der Waals surface area contributed by atoms with Crippen molar-refractivity contribution < 1.29 is 14.5 Å². The zero-order valence-corrected chi connectivity index (χ0v) is 14.4. The molecule has 2 fully saturated rings. The molecular formula is C19H28N3O2+. The molecule has 1 saturated heterocycles. The molecule has 5 heteroatoms. The van der Waals surface area contributed by atoms with Gasteiger partial charge >= 0.3 is 0 Å². The highest BCUT2D eigenvalue weighted by Crippen LogP contribution is 2.28. The van der Waals surface area contributed by atoms with E-state index in [2.05, 4.69) is 10.6 Å². The minimum Gasteiger partial charge on any atom is -0.326 e. The Morgan fingerprint density at radius 1 is 1.00 bits per heavy atom. The van der Waals surface area contributed by atoms with Gasteiger partial charge in [-0.2, -0.15) is 0 Å². The lowest BCUT2D eigenvalue weighted by Gasteiger charge is -2.40. The molecule has 2 aliphatic rings. The van der Waals surface area contributed by atoms with Gasteiger partial charge in [-0.15, -0.1) is 0 Å². The average molecular weight is 330 g/mol. The molecule has 0 bridgehead atoms. The Labute approximate surface area is 143 Å². The van der Waals surface area contributed by atoms with Crippen LogP contribution < -0.4 is 15.5 Å². The fraction of sp³-hybridized carbons (Fsp3) is 0.579. The summed E-state index contributed by atoms with van der Waals surface area (Å²) in [5.41, 5.74) is 1.53. The Morgan fingerprint density at radius 2 is 1.62 bits per heavy atom. The van der Waals surface area contributed by atoms with Crippen molar-refractivity contribution in [3.63, 3.8) is 0 Å². The van der Waals surface area contributed by atoms with E-state index in [1.807, 2.05) is 24.3 Å². The van der Waals surface area contributed by atoms with E-state index in [9.17, 15) is 9.59 Å². The van der Waals surface area contributed by atoms with Gasteiger partial charge in [-0.3, -0.25) is 9.59 Å². The Bertz CT molecular complexity index is 583. The Morgan fingerprint density at radius 3 is 2.33 bits per heavy atom. The highest BCUT2D eigenvalue weighted by atomic mass is 16.2. The van der Waals surface area contributed by atoms with E-state index >= 15 is 0 Å². The number of rotatable bonds is 4. The molecule has 0 aromatic heterocycles. The van der Waals surface area contributed by atoms with Gasteiger partial charge < -0.3 is 15.5 Å². The summed E-state index contributed by atoms with van der Waals surface area (Å²) in [6, 6.07) is 7.96. The van der Waals surface area contributed by atoms with Crippen LogP contribution in [0.5, 0.6) is 0 Å². The van der Waals surface area contributed by atoms with Gasteiger partial charge in [0.2, 0.25) is 5.91 Å². The first-order valence-corrected chi connectivity index (χ1v) is 9.14. The third kappa shape index (κ3) is 4.35. The summed E-state index contributed by atoms with van der Waals surface area (Å²) >= 11 is 0. The fourth-order valence-electron chi connectivity index (χ4n) is 4.34. The molecule has 1 aromatic rings. The normalized spacial score (nSPS) is 26.3. The van der Waals surface area contributed by atoms with Crippen LogP contribution >= 0.6 is 0 Å². The molecule has 1 aliphatic heterocycles. The number of amides is 2. The van der Waals surface area contributed by atoms with Crippen molar-refractivity contribution in [3.8, 4) is 0 Å². The van der Waals surface area contributed by atoms with Crippen LogP contribution in [-0.2, 0) is 9.59 Å². The molecule has 3 N–H and O–H groups in total. The number of quaternary nitrogens is 1. The lowest BCUT2D eigenvalue weighted by Crippen LogP contribution is -3.18. The third-order valence-electron chi connectivity index (χ3n) is 5.38. The highest BCUT2D eigenvalue weighted by Gasteiger charge is 2.37. The van der Waals surface area contributed by atoms with Crippen LogP contribution in [0.4, 0.5) is 11.4 Å². The van der Waals surface area contributed by atoms with Crippen molar-refractivity contribution in [1.82, 2.24) is 0 Å². The van der Waals surface area contributed by atoms with Crippen LogP contribution in [0.25, 0.3) is 0 Å². The van der Waals surface area contributed by atoms with Crippen LogP contribution in [0, 0.1) is 5.92 Å². The van der Waals surface area contributed by atoms with Gasteiger partial charge in [-0.05, 0) is 56.4 Å². The van der Waals surface area contributed by atoms with Crippen LogP contribution in [0.1, 0.15) is 45.4 Å². The zero-order valence-electron chi connectivity index (χ0n) is 14.4. The molecule has 1 aromatic carbocycles. The molecule has 3 atom stereocenters. The summed E-state index contributed by atoms with van der Waals surface area (Å²) in [6.07, 6.45) is 7.90. The van der Waals surface area contributed by atoms with Crippen LogP contribution in [0.2, 0.25) is 0 Å². The third-order valence-corrected chi connectivity index (χ3v) is 5.38. The molecule has 1 aliphatic carbocycles. The Balaban J connectivity index is 1.54. The fourth-order valence-corrected chi connectivity index (χ4v) is 4.34. The van der Waals surface area contributed by atoms with Crippen LogP contribution in [-0.4, -0.2) is 30.9 Å². The molecule has 0 spiro atoms. The Hall–Kier alpha value is -1.88. The number of likely N-dealkylation sites (tertiary alicyclic amines) is 1. The Kier molecular flexibility index (Phi) is 5.51. The van der Waals surface area contributed by atoms with E-state index in [0.717, 1.165) is 23.8 Å². The van der Waals surface area contributed by atoms with Crippen molar-refractivity contribution in [3.05, 3.63) is 24.3 Å². The molecule has 5 nitrogen and oxygen atoms in total. The first-order valence-electron chi connectivity index (χ1n) is 9.14. The number of nitrogens with one attached hydrogen (secondary N) is 3. The molecule has 24 heavy (non-hydrogen) atoms. The average Bonchev–Trinajstić information content (AvgIpc) is 2.56. The second-order valence-corrected chi connectivity index (χ2v) is 7.18. The maximum atomic E-state index is 12.4. The monoisotopic (exact) mass is 330 g/mol. The number of piperidine rings is 1. The lowest BCUT2D eigenvalue weighted by molar-refractivity contribution is -0.928. The van der Waals surface area contributed by atoms with E-state index in [4.69, 9.17) is 0 Å². The molecule has 2 amide bonds. The van der Waals surface area contributed by atoms with Crippen molar-refractivity contribution >= 4 is 23.2 Å². The lowest BCUT2D eigenvalue weighted by atomic mass is 9.78. The SMILES string of the molecule is CC(=O)Nc1ccc(NC(=O)C[NH+]2CCC[C@@H]3CCCC[C@@H]32)cc1. The predicted molar refractivity (Wildman–Crippen MR) is 95.1 cm³/mol.